The summed E-state index contributed by atoms with van der Waals surface area (Å²) < 4.78 is 2.03. The number of benzene rings is 1. The molecule has 1 atom stereocenters. The molecule has 1 aromatic heterocycles. The highest BCUT2D eigenvalue weighted by atomic mass is 35.5. The number of nitrogens with one attached hydrogen (secondary N) is 1. The maximum atomic E-state index is 12.3. The molecule has 8 heteroatoms. The molecule has 1 fully saturated rings. The number of hydrogen-bond acceptors (Lipinski definition) is 4. The molecule has 1 heterocycles. The molecule has 0 spiro atoms. The first-order valence-electron chi connectivity index (χ1n) is 6.86. The summed E-state index contributed by atoms with van der Waals surface area (Å²) >= 11 is 13.4. The highest BCUT2D eigenvalue weighted by Gasteiger charge is 2.28. The van der Waals surface area contributed by atoms with Crippen molar-refractivity contribution in [3.8, 4) is 0 Å². The summed E-state index contributed by atoms with van der Waals surface area (Å²) in [6.45, 7) is 1.82. The summed E-state index contributed by atoms with van der Waals surface area (Å²) in [5, 5.41) is 12.2. The predicted molar refractivity (Wildman–Crippen MR) is 88.7 cm³/mol. The molecule has 1 aliphatic rings. The first-order chi connectivity index (χ1) is 10.5. The quantitative estimate of drug-likeness (QED) is 0.821. The highest BCUT2D eigenvalue weighted by molar-refractivity contribution is 8.00. The van der Waals surface area contributed by atoms with E-state index in [1.54, 1.807) is 24.5 Å². The fourth-order valence-corrected chi connectivity index (χ4v) is 3.19. The van der Waals surface area contributed by atoms with E-state index >= 15 is 0 Å². The minimum Gasteiger partial charge on any atom is -0.324 e. The number of nitrogens with zero attached hydrogens (tertiary/aromatic N) is 3. The Hall–Kier alpha value is -1.24. The Kier molecular flexibility index (Phi) is 4.61. The van der Waals surface area contributed by atoms with Gasteiger partial charge in [0.15, 0.2) is 5.16 Å². The van der Waals surface area contributed by atoms with E-state index in [0.29, 0.717) is 21.8 Å². The van der Waals surface area contributed by atoms with Crippen LogP contribution in [0.4, 0.5) is 5.69 Å². The number of thioether (sulfide) groups is 1. The second-order valence-electron chi connectivity index (χ2n) is 5.13. The van der Waals surface area contributed by atoms with Gasteiger partial charge in [-0.2, -0.15) is 0 Å². The largest absolute Gasteiger partial charge is 0.324 e. The highest BCUT2D eigenvalue weighted by Crippen LogP contribution is 2.38. The Labute approximate surface area is 142 Å². The van der Waals surface area contributed by atoms with Gasteiger partial charge in [-0.25, -0.2) is 0 Å². The zero-order valence-corrected chi connectivity index (χ0v) is 14.1. The van der Waals surface area contributed by atoms with Crippen LogP contribution in [-0.4, -0.2) is 25.9 Å². The van der Waals surface area contributed by atoms with Gasteiger partial charge in [0.25, 0.3) is 0 Å². The first kappa shape index (κ1) is 15.6. The Morgan fingerprint density at radius 1 is 1.45 bits per heavy atom. The molecule has 1 unspecified atom stereocenters. The van der Waals surface area contributed by atoms with Crippen molar-refractivity contribution in [1.82, 2.24) is 14.8 Å². The molecule has 22 heavy (non-hydrogen) atoms. The number of anilines is 1. The number of carbonyl (C=O) groups excluding carboxylic acids is 1. The van der Waals surface area contributed by atoms with Crippen LogP contribution in [0.25, 0.3) is 0 Å². The van der Waals surface area contributed by atoms with E-state index in [4.69, 9.17) is 23.2 Å². The molecule has 116 valence electrons. The number of aromatic nitrogens is 3. The number of hydrogen-bond donors (Lipinski definition) is 1. The van der Waals surface area contributed by atoms with Crippen molar-refractivity contribution in [1.29, 1.82) is 0 Å². The SMILES string of the molecule is CC(Sc1nncn1C1CC1)C(=O)Nc1cc(Cl)ccc1Cl. The molecule has 0 bridgehead atoms. The molecule has 1 N–H and O–H groups in total. The molecule has 1 saturated carbocycles. The first-order valence-corrected chi connectivity index (χ1v) is 8.50. The zero-order valence-electron chi connectivity index (χ0n) is 11.8. The van der Waals surface area contributed by atoms with Crippen LogP contribution in [0.2, 0.25) is 10.0 Å². The minimum absolute atomic E-state index is 0.153. The van der Waals surface area contributed by atoms with E-state index in [9.17, 15) is 4.79 Å². The number of halogens is 2. The molecule has 5 nitrogen and oxygen atoms in total. The maximum Gasteiger partial charge on any atom is 0.237 e. The van der Waals surface area contributed by atoms with Crippen LogP contribution in [0, 0.1) is 0 Å². The van der Waals surface area contributed by atoms with Crippen molar-refractivity contribution < 1.29 is 4.79 Å². The van der Waals surface area contributed by atoms with Gasteiger partial charge in [-0.15, -0.1) is 10.2 Å². The fraction of sp³-hybridized carbons (Fsp3) is 0.357. The van der Waals surface area contributed by atoms with Crippen molar-refractivity contribution in [2.24, 2.45) is 0 Å². The lowest BCUT2D eigenvalue weighted by Gasteiger charge is -2.13. The van der Waals surface area contributed by atoms with Crippen molar-refractivity contribution in [2.75, 3.05) is 5.32 Å². The normalized spacial score (nSPS) is 15.6. The van der Waals surface area contributed by atoms with E-state index in [2.05, 4.69) is 15.5 Å². The van der Waals surface area contributed by atoms with Crippen LogP contribution in [0.5, 0.6) is 0 Å². The summed E-state index contributed by atoms with van der Waals surface area (Å²) in [5.74, 6) is -0.153. The van der Waals surface area contributed by atoms with Gasteiger partial charge in [0, 0.05) is 11.1 Å². The zero-order chi connectivity index (χ0) is 15.7. The van der Waals surface area contributed by atoms with Crippen molar-refractivity contribution in [3.63, 3.8) is 0 Å². The van der Waals surface area contributed by atoms with Crippen LogP contribution in [0.1, 0.15) is 25.8 Å². The summed E-state index contributed by atoms with van der Waals surface area (Å²) in [5.41, 5.74) is 0.510. The van der Waals surface area contributed by atoms with Crippen LogP contribution in [0.3, 0.4) is 0 Å². The van der Waals surface area contributed by atoms with Crippen LogP contribution in [-0.2, 0) is 4.79 Å². The second-order valence-corrected chi connectivity index (χ2v) is 7.28. The van der Waals surface area contributed by atoms with E-state index < -0.39 is 0 Å². The summed E-state index contributed by atoms with van der Waals surface area (Å²) in [6, 6.07) is 5.44. The Bertz CT molecular complexity index is 702. The molecule has 2 aromatic rings. The van der Waals surface area contributed by atoms with Crippen molar-refractivity contribution >= 4 is 46.6 Å². The summed E-state index contributed by atoms with van der Waals surface area (Å²) in [7, 11) is 0. The molecule has 0 saturated heterocycles. The summed E-state index contributed by atoms with van der Waals surface area (Å²) in [4.78, 5) is 12.3. The van der Waals surface area contributed by atoms with Gasteiger partial charge in [-0.3, -0.25) is 4.79 Å². The lowest BCUT2D eigenvalue weighted by atomic mass is 10.3. The molecule has 1 amide bonds. The van der Waals surface area contributed by atoms with Crippen LogP contribution < -0.4 is 5.32 Å². The third kappa shape index (κ3) is 3.56. The standard InChI is InChI=1S/C14H14Cl2N4OS/c1-8(22-14-19-17-7-20(14)10-3-4-10)13(21)18-12-6-9(15)2-5-11(12)16/h2,5-8,10H,3-4H2,1H3,(H,18,21). The Morgan fingerprint density at radius 2 is 2.23 bits per heavy atom. The summed E-state index contributed by atoms with van der Waals surface area (Å²) in [6.07, 6.45) is 4.01. The monoisotopic (exact) mass is 356 g/mol. The van der Waals surface area contributed by atoms with E-state index in [1.165, 1.54) is 11.8 Å². The Morgan fingerprint density at radius 3 is 2.95 bits per heavy atom. The topological polar surface area (TPSA) is 59.8 Å². The van der Waals surface area contributed by atoms with Gasteiger partial charge in [0.1, 0.15) is 6.33 Å². The van der Waals surface area contributed by atoms with Gasteiger partial charge in [0.05, 0.1) is 16.0 Å². The molecule has 0 aliphatic heterocycles. The molecule has 1 aromatic carbocycles. The van der Waals surface area contributed by atoms with Crippen molar-refractivity contribution in [3.05, 3.63) is 34.6 Å². The third-order valence-corrected chi connectivity index (χ3v) is 4.95. The number of rotatable bonds is 5. The van der Waals surface area contributed by atoms with Gasteiger partial charge in [-0.1, -0.05) is 35.0 Å². The maximum absolute atomic E-state index is 12.3. The van der Waals surface area contributed by atoms with Crippen molar-refractivity contribution in [2.45, 2.75) is 36.2 Å². The smallest absolute Gasteiger partial charge is 0.237 e. The van der Waals surface area contributed by atoms with Gasteiger partial charge in [-0.05, 0) is 38.0 Å². The molecular weight excluding hydrogens is 343 g/mol. The fourth-order valence-electron chi connectivity index (χ4n) is 1.96. The van der Waals surface area contributed by atoms with Gasteiger partial charge < -0.3 is 9.88 Å². The lowest BCUT2D eigenvalue weighted by Crippen LogP contribution is -2.23. The van der Waals surface area contributed by atoms with E-state index in [1.807, 2.05) is 11.5 Å². The molecular formula is C14H14Cl2N4OS. The number of carbonyl (C=O) groups is 1. The second kappa shape index (κ2) is 6.48. The average Bonchev–Trinajstić information content (AvgIpc) is 3.23. The predicted octanol–water partition coefficient (Wildman–Crippen LogP) is 4.04. The lowest BCUT2D eigenvalue weighted by molar-refractivity contribution is -0.115. The van der Waals surface area contributed by atoms with Crippen LogP contribution in [0.15, 0.2) is 29.7 Å². The molecule has 3 rings (SSSR count). The number of amides is 1. The van der Waals surface area contributed by atoms with Crippen LogP contribution >= 0.6 is 35.0 Å². The third-order valence-electron chi connectivity index (χ3n) is 3.32. The van der Waals surface area contributed by atoms with Gasteiger partial charge >= 0.3 is 0 Å². The average molecular weight is 357 g/mol. The van der Waals surface area contributed by atoms with E-state index in [0.717, 1.165) is 18.0 Å². The molecule has 0 radical (unpaired) electrons. The Balaban J connectivity index is 1.66. The van der Waals surface area contributed by atoms with E-state index in [-0.39, 0.29) is 11.2 Å². The minimum atomic E-state index is -0.322. The molecule has 1 aliphatic carbocycles. The van der Waals surface area contributed by atoms with Gasteiger partial charge in [0.2, 0.25) is 5.91 Å².